The van der Waals surface area contributed by atoms with Crippen LogP contribution in [0.3, 0.4) is 0 Å². The third kappa shape index (κ3) is 5.38. The molecule has 0 saturated carbocycles. The van der Waals surface area contributed by atoms with Gasteiger partial charge in [-0.15, -0.1) is 11.7 Å². The molecule has 1 aliphatic rings. The molecule has 0 N–H and O–H groups in total. The lowest BCUT2D eigenvalue weighted by Gasteiger charge is -2.12. The van der Waals surface area contributed by atoms with Crippen molar-refractivity contribution < 1.29 is 13.9 Å². The largest absolute Gasteiger partial charge is 0.497 e. The fourth-order valence-electron chi connectivity index (χ4n) is 3.35. The van der Waals surface area contributed by atoms with Crippen LogP contribution in [0, 0.1) is 0 Å². The predicted molar refractivity (Wildman–Crippen MR) is 134 cm³/mol. The summed E-state index contributed by atoms with van der Waals surface area (Å²) in [6, 6.07) is 18.8. The van der Waals surface area contributed by atoms with Crippen molar-refractivity contribution in [2.75, 3.05) is 13.7 Å². The molecular weight excluding hydrogens is 458 g/mol. The number of rotatable bonds is 8. The lowest BCUT2D eigenvalue weighted by molar-refractivity contribution is -0.125. The second kappa shape index (κ2) is 10.6. The molecular formula is C25H22ClN3O3S. The molecule has 33 heavy (non-hydrogen) atoms. The van der Waals surface area contributed by atoms with Crippen molar-refractivity contribution >= 4 is 40.7 Å². The van der Waals surface area contributed by atoms with Crippen molar-refractivity contribution in [1.82, 2.24) is 4.90 Å². The summed E-state index contributed by atoms with van der Waals surface area (Å²) in [6.07, 6.45) is 3.78. The van der Waals surface area contributed by atoms with E-state index in [2.05, 4.69) is 16.8 Å². The van der Waals surface area contributed by atoms with Gasteiger partial charge in [-0.3, -0.25) is 9.69 Å². The van der Waals surface area contributed by atoms with E-state index in [0.29, 0.717) is 34.7 Å². The van der Waals surface area contributed by atoms with Crippen LogP contribution >= 0.6 is 23.4 Å². The second-order valence-corrected chi connectivity index (χ2v) is 8.78. The van der Waals surface area contributed by atoms with Gasteiger partial charge in [0.05, 0.1) is 23.6 Å². The number of benzene rings is 2. The van der Waals surface area contributed by atoms with Gasteiger partial charge >= 0.3 is 0 Å². The molecule has 0 radical (unpaired) electrons. The van der Waals surface area contributed by atoms with E-state index >= 15 is 0 Å². The number of nitrogens with zero attached hydrogens (tertiary/aromatic N) is 3. The molecule has 1 amide bonds. The SMILES string of the molecule is C=CCN1C(=O)[C@H](Cc2ccc(OC)cc2)S/C1=N\N=C/c1ccc(-c2ccccc2Cl)o1. The Balaban J connectivity index is 1.47. The Morgan fingerprint density at radius 2 is 1.97 bits per heavy atom. The van der Waals surface area contributed by atoms with Crippen LogP contribution in [0.1, 0.15) is 11.3 Å². The maximum atomic E-state index is 12.9. The molecule has 2 aromatic carbocycles. The zero-order chi connectivity index (χ0) is 23.2. The molecule has 3 aromatic rings. The highest BCUT2D eigenvalue weighted by Gasteiger charge is 2.37. The molecule has 1 atom stereocenters. The van der Waals surface area contributed by atoms with Crippen molar-refractivity contribution in [3.63, 3.8) is 0 Å². The summed E-state index contributed by atoms with van der Waals surface area (Å²) in [5.74, 6) is 1.95. The van der Waals surface area contributed by atoms with Gasteiger partial charge in [-0.05, 0) is 48.4 Å². The van der Waals surface area contributed by atoms with Crippen LogP contribution < -0.4 is 4.74 Å². The van der Waals surface area contributed by atoms with Crippen molar-refractivity contribution in [2.45, 2.75) is 11.7 Å². The summed E-state index contributed by atoms with van der Waals surface area (Å²) in [6.45, 7) is 4.12. The molecule has 1 saturated heterocycles. The van der Waals surface area contributed by atoms with Gasteiger partial charge in [0.15, 0.2) is 5.17 Å². The normalized spacial score (nSPS) is 17.3. The third-order valence-electron chi connectivity index (χ3n) is 5.01. The summed E-state index contributed by atoms with van der Waals surface area (Å²) in [7, 11) is 1.63. The zero-order valence-electron chi connectivity index (χ0n) is 18.0. The Morgan fingerprint density at radius 3 is 2.70 bits per heavy atom. The van der Waals surface area contributed by atoms with E-state index in [9.17, 15) is 4.79 Å². The maximum absolute atomic E-state index is 12.9. The molecule has 6 nitrogen and oxygen atoms in total. The summed E-state index contributed by atoms with van der Waals surface area (Å²) in [5.41, 5.74) is 1.85. The molecule has 0 bridgehead atoms. The highest BCUT2D eigenvalue weighted by Crippen LogP contribution is 2.31. The van der Waals surface area contributed by atoms with Gasteiger partial charge in [0, 0.05) is 12.1 Å². The maximum Gasteiger partial charge on any atom is 0.242 e. The van der Waals surface area contributed by atoms with Crippen molar-refractivity contribution in [3.8, 4) is 17.1 Å². The molecule has 0 spiro atoms. The van der Waals surface area contributed by atoms with Gasteiger partial charge < -0.3 is 9.15 Å². The van der Waals surface area contributed by atoms with E-state index in [-0.39, 0.29) is 11.2 Å². The van der Waals surface area contributed by atoms with Crippen LogP contribution in [0.4, 0.5) is 0 Å². The minimum Gasteiger partial charge on any atom is -0.497 e. The Kier molecular flexibility index (Phi) is 7.32. The standard InChI is InChI=1S/C25H22ClN3O3S/c1-3-14-29-24(30)23(15-17-8-10-18(31-2)11-9-17)33-25(29)28-27-16-19-12-13-22(32-19)20-6-4-5-7-21(20)26/h3-13,16,23H,1,14-15H2,2H3/b27-16-,28-25-/t23-/m0/s1. The smallest absolute Gasteiger partial charge is 0.242 e. The monoisotopic (exact) mass is 479 g/mol. The van der Waals surface area contributed by atoms with E-state index in [4.69, 9.17) is 20.8 Å². The Morgan fingerprint density at radius 1 is 1.18 bits per heavy atom. The zero-order valence-corrected chi connectivity index (χ0v) is 19.6. The molecule has 0 aliphatic carbocycles. The quantitative estimate of drug-likeness (QED) is 0.237. The van der Waals surface area contributed by atoms with Crippen LogP contribution in [0.2, 0.25) is 5.02 Å². The van der Waals surface area contributed by atoms with Crippen molar-refractivity contribution in [2.24, 2.45) is 10.2 Å². The number of amides is 1. The van der Waals surface area contributed by atoms with Gasteiger partial charge in [0.2, 0.25) is 5.91 Å². The van der Waals surface area contributed by atoms with Crippen LogP contribution in [0.25, 0.3) is 11.3 Å². The number of carbonyl (C=O) groups excluding carboxylic acids is 1. The molecule has 8 heteroatoms. The van der Waals surface area contributed by atoms with E-state index in [1.54, 1.807) is 24.2 Å². The van der Waals surface area contributed by atoms with Gasteiger partial charge in [-0.2, -0.15) is 5.10 Å². The van der Waals surface area contributed by atoms with E-state index in [1.165, 1.54) is 18.0 Å². The Labute approximate surface area is 201 Å². The number of hydrogen-bond donors (Lipinski definition) is 0. The van der Waals surface area contributed by atoms with Gasteiger partial charge in [0.25, 0.3) is 0 Å². The van der Waals surface area contributed by atoms with Crippen molar-refractivity contribution in [1.29, 1.82) is 0 Å². The number of hydrogen-bond acceptors (Lipinski definition) is 6. The number of methoxy groups -OCH3 is 1. The van der Waals surface area contributed by atoms with Crippen LogP contribution in [0.5, 0.6) is 5.75 Å². The molecule has 0 unspecified atom stereocenters. The highest BCUT2D eigenvalue weighted by atomic mass is 35.5. The fraction of sp³-hybridized carbons (Fsp3) is 0.160. The number of carbonyl (C=O) groups is 1. The van der Waals surface area contributed by atoms with Gasteiger partial charge in [-0.25, -0.2) is 0 Å². The molecule has 2 heterocycles. The third-order valence-corrected chi connectivity index (χ3v) is 6.50. The molecule has 168 valence electrons. The summed E-state index contributed by atoms with van der Waals surface area (Å²) >= 11 is 7.63. The summed E-state index contributed by atoms with van der Waals surface area (Å²) in [4.78, 5) is 14.5. The first-order valence-corrected chi connectivity index (χ1v) is 11.5. The number of halogens is 1. The topological polar surface area (TPSA) is 67.4 Å². The van der Waals surface area contributed by atoms with Crippen LogP contribution in [-0.4, -0.2) is 41.1 Å². The Hall–Kier alpha value is -3.29. The minimum atomic E-state index is -0.275. The van der Waals surface area contributed by atoms with E-state index in [0.717, 1.165) is 16.9 Å². The predicted octanol–water partition coefficient (Wildman–Crippen LogP) is 5.67. The fourth-order valence-corrected chi connectivity index (χ4v) is 4.73. The lowest BCUT2D eigenvalue weighted by Crippen LogP contribution is -2.32. The number of amidine groups is 1. The van der Waals surface area contributed by atoms with Gasteiger partial charge in [-0.1, -0.05) is 53.7 Å². The first kappa shape index (κ1) is 22.9. The molecule has 4 rings (SSSR count). The number of ether oxygens (including phenoxy) is 1. The molecule has 1 aromatic heterocycles. The van der Waals surface area contributed by atoms with E-state index in [1.807, 2.05) is 54.6 Å². The van der Waals surface area contributed by atoms with Crippen LogP contribution in [0.15, 0.2) is 87.9 Å². The molecule has 1 aliphatic heterocycles. The average Bonchev–Trinajstić information content (AvgIpc) is 3.41. The van der Waals surface area contributed by atoms with Crippen molar-refractivity contribution in [3.05, 3.63) is 89.7 Å². The number of furan rings is 1. The highest BCUT2D eigenvalue weighted by molar-refractivity contribution is 8.15. The average molecular weight is 480 g/mol. The Bertz CT molecular complexity index is 1200. The summed E-state index contributed by atoms with van der Waals surface area (Å²) < 4.78 is 11.0. The number of thioether (sulfide) groups is 1. The minimum absolute atomic E-state index is 0.0105. The van der Waals surface area contributed by atoms with E-state index < -0.39 is 0 Å². The van der Waals surface area contributed by atoms with Gasteiger partial charge in [0.1, 0.15) is 17.3 Å². The lowest BCUT2D eigenvalue weighted by atomic mass is 10.1. The first-order chi connectivity index (χ1) is 16.1. The van der Waals surface area contributed by atoms with Crippen LogP contribution in [-0.2, 0) is 11.2 Å². The summed E-state index contributed by atoms with van der Waals surface area (Å²) in [5, 5.41) is 9.31. The molecule has 1 fully saturated rings. The first-order valence-electron chi connectivity index (χ1n) is 10.3. The second-order valence-electron chi connectivity index (χ2n) is 7.21.